The van der Waals surface area contributed by atoms with Gasteiger partial charge in [0.25, 0.3) is 0 Å². The maximum absolute atomic E-state index is 14.1. The molecule has 0 fully saturated rings. The van der Waals surface area contributed by atoms with Gasteiger partial charge in [-0.1, -0.05) is 26.0 Å². The van der Waals surface area contributed by atoms with E-state index in [2.05, 4.69) is 24.3 Å². The minimum absolute atomic E-state index is 0.261. The number of rotatable bonds is 6. The van der Waals surface area contributed by atoms with Gasteiger partial charge in [0.1, 0.15) is 0 Å². The summed E-state index contributed by atoms with van der Waals surface area (Å²) in [6, 6.07) is 7.48. The zero-order valence-electron chi connectivity index (χ0n) is 12.1. The first-order valence-corrected chi connectivity index (χ1v) is 6.67. The Morgan fingerprint density at radius 2 is 2.15 bits per heavy atom. The highest BCUT2D eigenvalue weighted by molar-refractivity contribution is 5.31. The van der Waals surface area contributed by atoms with E-state index in [1.54, 1.807) is 29.1 Å². The monoisotopic (exact) mass is 277 g/mol. The minimum Gasteiger partial charge on any atom is -0.494 e. The molecule has 0 bridgehead atoms. The highest BCUT2D eigenvalue weighted by Crippen LogP contribution is 2.20. The molecule has 1 N–H and O–H groups in total. The normalized spacial score (nSPS) is 11.1. The van der Waals surface area contributed by atoms with Gasteiger partial charge in [-0.15, -0.1) is 0 Å². The molecule has 0 amide bonds. The standard InChI is InChI=1S/C15H20FN3O/c1-11(2)17-9-13-7-8-18-19(13)10-12-5-4-6-14(20-3)15(12)16/h4-8,11,17H,9-10H2,1-3H3. The Morgan fingerprint density at radius 1 is 1.35 bits per heavy atom. The molecule has 0 aliphatic heterocycles. The molecule has 1 aromatic carbocycles. The molecule has 0 aliphatic carbocycles. The van der Waals surface area contributed by atoms with E-state index in [1.807, 2.05) is 6.07 Å². The average molecular weight is 277 g/mol. The number of hydrogen-bond donors (Lipinski definition) is 1. The largest absolute Gasteiger partial charge is 0.494 e. The molecule has 1 aromatic heterocycles. The number of benzene rings is 1. The van der Waals surface area contributed by atoms with Crippen molar-refractivity contribution in [1.82, 2.24) is 15.1 Å². The van der Waals surface area contributed by atoms with Crippen molar-refractivity contribution in [2.75, 3.05) is 7.11 Å². The number of ether oxygens (including phenoxy) is 1. The third kappa shape index (κ3) is 3.36. The van der Waals surface area contributed by atoms with Gasteiger partial charge in [0.2, 0.25) is 0 Å². The fourth-order valence-corrected chi connectivity index (χ4v) is 1.96. The predicted octanol–water partition coefficient (Wildman–Crippen LogP) is 2.58. The molecule has 20 heavy (non-hydrogen) atoms. The summed E-state index contributed by atoms with van der Waals surface area (Å²) in [5, 5.41) is 7.59. The van der Waals surface area contributed by atoms with Crippen molar-refractivity contribution in [3.8, 4) is 5.75 Å². The van der Waals surface area contributed by atoms with Crippen LogP contribution in [-0.2, 0) is 13.1 Å². The van der Waals surface area contributed by atoms with Crippen LogP contribution in [-0.4, -0.2) is 22.9 Å². The molecule has 0 spiro atoms. The van der Waals surface area contributed by atoms with Gasteiger partial charge in [-0.2, -0.15) is 5.10 Å². The van der Waals surface area contributed by atoms with Gasteiger partial charge in [0.15, 0.2) is 11.6 Å². The summed E-state index contributed by atoms with van der Waals surface area (Å²) in [5.41, 5.74) is 1.60. The maximum atomic E-state index is 14.1. The van der Waals surface area contributed by atoms with Crippen LogP contribution in [0.5, 0.6) is 5.75 Å². The molecule has 2 rings (SSSR count). The number of halogens is 1. The SMILES string of the molecule is COc1cccc(Cn2nccc2CNC(C)C)c1F. The first-order valence-electron chi connectivity index (χ1n) is 6.67. The highest BCUT2D eigenvalue weighted by Gasteiger charge is 2.11. The lowest BCUT2D eigenvalue weighted by Gasteiger charge is -2.12. The molecule has 0 radical (unpaired) electrons. The van der Waals surface area contributed by atoms with E-state index < -0.39 is 0 Å². The second-order valence-electron chi connectivity index (χ2n) is 4.95. The molecular weight excluding hydrogens is 257 g/mol. The maximum Gasteiger partial charge on any atom is 0.170 e. The van der Waals surface area contributed by atoms with Crippen molar-refractivity contribution in [2.24, 2.45) is 0 Å². The van der Waals surface area contributed by atoms with Crippen LogP contribution in [0.25, 0.3) is 0 Å². The van der Waals surface area contributed by atoms with Crippen LogP contribution in [0.15, 0.2) is 30.5 Å². The fraction of sp³-hybridized carbons (Fsp3) is 0.400. The quantitative estimate of drug-likeness (QED) is 0.882. The van der Waals surface area contributed by atoms with Crippen molar-refractivity contribution < 1.29 is 9.13 Å². The van der Waals surface area contributed by atoms with Crippen LogP contribution < -0.4 is 10.1 Å². The summed E-state index contributed by atoms with van der Waals surface area (Å²) >= 11 is 0. The molecule has 108 valence electrons. The van der Waals surface area contributed by atoms with Gasteiger partial charge < -0.3 is 10.1 Å². The number of nitrogens with zero attached hydrogens (tertiary/aromatic N) is 2. The minimum atomic E-state index is -0.326. The average Bonchev–Trinajstić information content (AvgIpc) is 2.86. The van der Waals surface area contributed by atoms with E-state index in [0.717, 1.165) is 5.69 Å². The predicted molar refractivity (Wildman–Crippen MR) is 76.3 cm³/mol. The van der Waals surface area contributed by atoms with E-state index >= 15 is 0 Å². The molecule has 5 heteroatoms. The molecule has 0 aliphatic rings. The second-order valence-corrected chi connectivity index (χ2v) is 4.95. The Hall–Kier alpha value is -1.88. The summed E-state index contributed by atoms with van der Waals surface area (Å²) in [6.07, 6.45) is 1.73. The van der Waals surface area contributed by atoms with Gasteiger partial charge in [-0.25, -0.2) is 4.39 Å². The van der Waals surface area contributed by atoms with E-state index in [0.29, 0.717) is 24.7 Å². The Morgan fingerprint density at radius 3 is 2.85 bits per heavy atom. The highest BCUT2D eigenvalue weighted by atomic mass is 19.1. The van der Waals surface area contributed by atoms with E-state index in [9.17, 15) is 4.39 Å². The number of methoxy groups -OCH3 is 1. The van der Waals surface area contributed by atoms with E-state index in [4.69, 9.17) is 4.74 Å². The topological polar surface area (TPSA) is 39.1 Å². The van der Waals surface area contributed by atoms with Crippen molar-refractivity contribution in [3.05, 3.63) is 47.5 Å². The Bertz CT molecular complexity index is 566. The summed E-state index contributed by atoms with van der Waals surface area (Å²) in [5.74, 6) is -0.0650. The Labute approximate surface area is 118 Å². The van der Waals surface area contributed by atoms with Crippen LogP contribution in [0.4, 0.5) is 4.39 Å². The molecule has 4 nitrogen and oxygen atoms in total. The molecule has 0 saturated carbocycles. The number of aromatic nitrogens is 2. The van der Waals surface area contributed by atoms with Crippen molar-refractivity contribution >= 4 is 0 Å². The second kappa shape index (κ2) is 6.52. The first-order chi connectivity index (χ1) is 9.61. The first kappa shape index (κ1) is 14.5. The third-order valence-electron chi connectivity index (χ3n) is 3.08. The van der Waals surface area contributed by atoms with Crippen molar-refractivity contribution in [2.45, 2.75) is 33.0 Å². The lowest BCUT2D eigenvalue weighted by molar-refractivity contribution is 0.383. The van der Waals surface area contributed by atoms with Crippen LogP contribution in [0.1, 0.15) is 25.1 Å². The van der Waals surface area contributed by atoms with Gasteiger partial charge >= 0.3 is 0 Å². The summed E-state index contributed by atoms with van der Waals surface area (Å²) in [7, 11) is 1.47. The molecular formula is C15H20FN3O. The van der Waals surface area contributed by atoms with Crippen LogP contribution >= 0.6 is 0 Å². The summed E-state index contributed by atoms with van der Waals surface area (Å²) in [4.78, 5) is 0. The van der Waals surface area contributed by atoms with Gasteiger partial charge in [0.05, 0.1) is 19.3 Å². The van der Waals surface area contributed by atoms with E-state index in [1.165, 1.54) is 7.11 Å². The number of hydrogen-bond acceptors (Lipinski definition) is 3. The molecule has 0 saturated heterocycles. The molecule has 0 atom stereocenters. The molecule has 0 unspecified atom stereocenters. The summed E-state index contributed by atoms with van der Waals surface area (Å²) in [6.45, 7) is 5.28. The van der Waals surface area contributed by atoms with Crippen LogP contribution in [0.2, 0.25) is 0 Å². The van der Waals surface area contributed by atoms with E-state index in [-0.39, 0.29) is 11.6 Å². The van der Waals surface area contributed by atoms with Gasteiger partial charge in [-0.3, -0.25) is 4.68 Å². The molecule has 2 aromatic rings. The van der Waals surface area contributed by atoms with Crippen molar-refractivity contribution in [1.29, 1.82) is 0 Å². The van der Waals surface area contributed by atoms with Gasteiger partial charge in [-0.05, 0) is 12.1 Å². The smallest absolute Gasteiger partial charge is 0.170 e. The molecule has 1 heterocycles. The zero-order chi connectivity index (χ0) is 14.5. The lowest BCUT2D eigenvalue weighted by atomic mass is 10.2. The number of nitrogens with one attached hydrogen (secondary N) is 1. The van der Waals surface area contributed by atoms with Crippen LogP contribution in [0, 0.1) is 5.82 Å². The van der Waals surface area contributed by atoms with Gasteiger partial charge in [0, 0.05) is 24.3 Å². The van der Waals surface area contributed by atoms with Crippen LogP contribution in [0.3, 0.4) is 0 Å². The Kier molecular flexibility index (Phi) is 4.74. The fourth-order valence-electron chi connectivity index (χ4n) is 1.96. The Balaban J connectivity index is 2.16. The lowest BCUT2D eigenvalue weighted by Crippen LogP contribution is -2.24. The third-order valence-corrected chi connectivity index (χ3v) is 3.08. The zero-order valence-corrected chi connectivity index (χ0v) is 12.1. The van der Waals surface area contributed by atoms with Crippen molar-refractivity contribution in [3.63, 3.8) is 0 Å². The summed E-state index contributed by atoms with van der Waals surface area (Å²) < 4.78 is 20.9.